The van der Waals surface area contributed by atoms with Crippen molar-refractivity contribution in [3.63, 3.8) is 0 Å². The van der Waals surface area contributed by atoms with Gasteiger partial charge in [-0.25, -0.2) is 0 Å². The van der Waals surface area contributed by atoms with E-state index in [0.29, 0.717) is 21.2 Å². The van der Waals surface area contributed by atoms with Gasteiger partial charge in [-0.3, -0.25) is 9.59 Å². The van der Waals surface area contributed by atoms with Gasteiger partial charge in [-0.1, -0.05) is 191 Å². The van der Waals surface area contributed by atoms with Gasteiger partial charge < -0.3 is 0 Å². The molecule has 210 valence electrons. The summed E-state index contributed by atoms with van der Waals surface area (Å²) in [7, 11) is 0. The second-order valence-corrected chi connectivity index (χ2v) is 19.3. The minimum Gasteiger partial charge on any atom is -0.287 e. The fraction of sp³-hybridized carbons (Fsp3) is 0. The molecule has 0 amide bonds. The summed E-state index contributed by atoms with van der Waals surface area (Å²) >= 11 is 39.8. The highest BCUT2D eigenvalue weighted by Gasteiger charge is 2.40. The summed E-state index contributed by atoms with van der Waals surface area (Å²) in [6, 6.07) is 30.0. The molecule has 0 aromatic heterocycles. The first kappa shape index (κ1) is 31.3. The second kappa shape index (κ2) is 12.9. The molecule has 5 aromatic rings. The molecule has 10 heteroatoms. The van der Waals surface area contributed by atoms with Crippen molar-refractivity contribution in [1.29, 1.82) is 0 Å². The third kappa shape index (κ3) is 5.38. The van der Waals surface area contributed by atoms with Crippen LogP contribution in [-0.4, -0.2) is 11.0 Å². The molecule has 0 aliphatic rings. The van der Waals surface area contributed by atoms with Gasteiger partial charge in [0, 0.05) is 0 Å². The van der Waals surface area contributed by atoms with Crippen LogP contribution in [0.15, 0.2) is 121 Å². The lowest BCUT2D eigenvalue weighted by Gasteiger charge is -2.26. The van der Waals surface area contributed by atoms with Crippen molar-refractivity contribution in [1.82, 2.24) is 0 Å². The van der Waals surface area contributed by atoms with E-state index in [9.17, 15) is 9.59 Å². The molecule has 0 aliphatic carbocycles. The molecule has 0 spiro atoms. The Balaban J connectivity index is 1.73. The predicted octanol–water partition coefficient (Wildman–Crippen LogP) is 8.84. The van der Waals surface area contributed by atoms with E-state index in [1.54, 1.807) is 0 Å². The van der Waals surface area contributed by atoms with Crippen molar-refractivity contribution in [2.24, 2.45) is 0 Å². The van der Waals surface area contributed by atoms with Crippen LogP contribution in [0, 0.1) is 0 Å². The van der Waals surface area contributed by atoms with Gasteiger partial charge >= 0.3 is 0 Å². The van der Waals surface area contributed by atoms with Gasteiger partial charge in [-0.2, -0.15) is 0 Å². The van der Waals surface area contributed by atoms with E-state index in [1.807, 2.05) is 121 Å². The van der Waals surface area contributed by atoms with Crippen LogP contribution in [0.1, 0.15) is 20.7 Å². The molecule has 0 aliphatic heterocycles. The molecular formula is C32H20Cl4O2P2S2. The summed E-state index contributed by atoms with van der Waals surface area (Å²) in [4.78, 5) is 29.0. The van der Waals surface area contributed by atoms with Gasteiger partial charge in [0.25, 0.3) is 0 Å². The van der Waals surface area contributed by atoms with E-state index in [0.717, 1.165) is 0 Å². The van der Waals surface area contributed by atoms with Crippen LogP contribution in [0.5, 0.6) is 0 Å². The minimum atomic E-state index is -3.19. The zero-order valence-corrected chi connectivity index (χ0v) is 28.0. The Morgan fingerprint density at radius 3 is 0.786 bits per heavy atom. The standard InChI is InChI=1S/C32H20Cl4O2P2S2/c33-27-25(31(37)39(41,21-13-5-1-6-14-21)22-15-7-2-8-16-22)28(34)30(36)26(29(27)35)32(38)40(42,23-17-9-3-10-18-23)24-19-11-4-12-20-24/h1-20H. The Kier molecular flexibility index (Phi) is 9.60. The molecule has 2 nitrogen and oxygen atoms in total. The maximum absolute atomic E-state index is 14.5. The number of halogens is 4. The van der Waals surface area contributed by atoms with Crippen molar-refractivity contribution in [2.75, 3.05) is 0 Å². The largest absolute Gasteiger partial charge is 0.287 e. The van der Waals surface area contributed by atoms with Gasteiger partial charge in [-0.05, 0) is 21.2 Å². The molecule has 0 bridgehead atoms. The highest BCUT2D eigenvalue weighted by atomic mass is 35.5. The van der Waals surface area contributed by atoms with Crippen LogP contribution in [0.25, 0.3) is 0 Å². The molecule has 0 saturated heterocycles. The normalized spacial score (nSPS) is 11.7. The molecule has 0 saturated carbocycles. The maximum Gasteiger partial charge on any atom is 0.205 e. The Hall–Kier alpha value is -2.10. The third-order valence-corrected chi connectivity index (χ3v) is 17.7. The molecule has 0 unspecified atom stereocenters. The quantitative estimate of drug-likeness (QED) is 0.120. The van der Waals surface area contributed by atoms with Crippen LogP contribution in [0.2, 0.25) is 20.1 Å². The summed E-state index contributed by atoms with van der Waals surface area (Å²) < 4.78 is 0. The summed E-state index contributed by atoms with van der Waals surface area (Å²) in [5, 5.41) is 1.84. The van der Waals surface area contributed by atoms with Crippen LogP contribution < -0.4 is 21.2 Å². The fourth-order valence-corrected chi connectivity index (χ4v) is 13.1. The van der Waals surface area contributed by atoms with Gasteiger partial charge in [0.2, 0.25) is 11.0 Å². The van der Waals surface area contributed by atoms with E-state index in [1.165, 1.54) is 0 Å². The highest BCUT2D eigenvalue weighted by Crippen LogP contribution is 2.55. The Morgan fingerprint density at radius 1 is 0.405 bits per heavy atom. The van der Waals surface area contributed by atoms with E-state index in [4.69, 9.17) is 70.0 Å². The molecule has 0 fully saturated rings. The Bertz CT molecular complexity index is 1650. The van der Waals surface area contributed by atoms with Crippen molar-refractivity contribution < 1.29 is 9.59 Å². The highest BCUT2D eigenvalue weighted by molar-refractivity contribution is 8.30. The van der Waals surface area contributed by atoms with Gasteiger partial charge in [0.1, 0.15) is 0 Å². The van der Waals surface area contributed by atoms with Crippen LogP contribution >= 0.6 is 58.5 Å². The summed E-state index contributed by atoms with van der Waals surface area (Å²) in [6.45, 7) is 0. The monoisotopic (exact) mass is 702 g/mol. The Morgan fingerprint density at radius 2 is 0.595 bits per heavy atom. The van der Waals surface area contributed by atoms with E-state index < -0.39 is 23.1 Å². The third-order valence-electron chi connectivity index (χ3n) is 6.74. The van der Waals surface area contributed by atoms with Crippen molar-refractivity contribution in [2.45, 2.75) is 0 Å². The van der Waals surface area contributed by atoms with Crippen LogP contribution in [0.3, 0.4) is 0 Å². The van der Waals surface area contributed by atoms with Gasteiger partial charge in [0.05, 0.1) is 43.3 Å². The topological polar surface area (TPSA) is 34.1 Å². The minimum absolute atomic E-state index is 0.117. The molecule has 42 heavy (non-hydrogen) atoms. The molecule has 0 heterocycles. The van der Waals surface area contributed by atoms with Crippen LogP contribution in [-0.2, 0) is 23.6 Å². The van der Waals surface area contributed by atoms with Crippen LogP contribution in [0.4, 0.5) is 0 Å². The summed E-state index contributed by atoms with van der Waals surface area (Å²) in [6.07, 6.45) is 0. The molecule has 0 radical (unpaired) electrons. The zero-order valence-electron chi connectivity index (χ0n) is 21.6. The number of benzene rings is 5. The number of carbonyl (C=O) groups excluding carboxylic acids is 2. The molecule has 5 aromatic carbocycles. The van der Waals surface area contributed by atoms with Gasteiger partial charge in [-0.15, -0.1) is 0 Å². The first-order valence-corrected chi connectivity index (χ1v) is 19.6. The average Bonchev–Trinajstić information content (AvgIpc) is 3.04. The number of rotatable bonds is 8. The SMILES string of the molecule is O=C(c1c(Cl)c(Cl)c(C(=O)P(=S)(c2ccccc2)c2ccccc2)c(Cl)c1Cl)P(=S)(c1ccccc1)c1ccccc1. The molecule has 0 N–H and O–H groups in total. The van der Waals surface area contributed by atoms with E-state index >= 15 is 0 Å². The van der Waals surface area contributed by atoms with Gasteiger partial charge in [0.15, 0.2) is 0 Å². The lowest BCUT2D eigenvalue weighted by molar-refractivity contribution is 0.107. The average molecular weight is 704 g/mol. The predicted molar refractivity (Wildman–Crippen MR) is 188 cm³/mol. The molecule has 5 rings (SSSR count). The first-order chi connectivity index (χ1) is 20.1. The van der Waals surface area contributed by atoms with E-state index in [-0.39, 0.29) is 31.2 Å². The Labute approximate surface area is 274 Å². The second-order valence-electron chi connectivity index (χ2n) is 9.18. The summed E-state index contributed by atoms with van der Waals surface area (Å²) in [5.41, 5.74) is -1.21. The summed E-state index contributed by atoms with van der Waals surface area (Å²) in [5.74, 6) is 0. The maximum atomic E-state index is 14.5. The lowest BCUT2D eigenvalue weighted by Crippen LogP contribution is -2.24. The van der Waals surface area contributed by atoms with Crippen molar-refractivity contribution in [3.8, 4) is 0 Å². The zero-order chi connectivity index (χ0) is 30.1. The number of carbonyl (C=O) groups is 2. The van der Waals surface area contributed by atoms with E-state index in [2.05, 4.69) is 0 Å². The first-order valence-electron chi connectivity index (χ1n) is 12.5. The van der Waals surface area contributed by atoms with Crippen molar-refractivity contribution >= 4 is 114 Å². The lowest BCUT2D eigenvalue weighted by atomic mass is 10.1. The number of hydrogen-bond donors (Lipinski definition) is 0. The van der Waals surface area contributed by atoms with Crippen molar-refractivity contribution in [3.05, 3.63) is 153 Å². The number of hydrogen-bond acceptors (Lipinski definition) is 4. The fourth-order valence-electron chi connectivity index (χ4n) is 4.64. The molecule has 0 atom stereocenters. The molecular weight excluding hydrogens is 684 g/mol. The smallest absolute Gasteiger partial charge is 0.205 e.